The smallest absolute Gasteiger partial charge is 0.262 e. The second-order valence-corrected chi connectivity index (χ2v) is 1.43. The zero-order valence-corrected chi connectivity index (χ0v) is 4.72. The van der Waals surface area contributed by atoms with Gasteiger partial charge in [0.25, 0.3) is 5.91 Å². The number of carbonyl (C=O) groups excluding carboxylic acids is 1. The van der Waals surface area contributed by atoms with Crippen molar-refractivity contribution in [1.29, 1.82) is 0 Å². The quantitative estimate of drug-likeness (QED) is 0.241. The number of nitrogens with two attached hydrogens (primary N) is 1. The summed E-state index contributed by atoms with van der Waals surface area (Å²) in [5, 5.41) is 8.63. The molecule has 0 spiro atoms. The van der Waals surface area contributed by atoms with Crippen molar-refractivity contribution >= 4 is 5.91 Å². The van der Waals surface area contributed by atoms with Gasteiger partial charge in [-0.2, -0.15) is 0 Å². The Kier molecular flexibility index (Phi) is 3.14. The highest BCUT2D eigenvalue weighted by atomic mass is 16.3. The number of amides is 1. The van der Waals surface area contributed by atoms with Gasteiger partial charge >= 0.3 is 0 Å². The van der Waals surface area contributed by atoms with Crippen LogP contribution in [0.4, 0.5) is 0 Å². The summed E-state index contributed by atoms with van der Waals surface area (Å²) < 4.78 is 0. The lowest BCUT2D eigenvalue weighted by atomic mass is 10.3. The number of hydrazine groups is 1. The van der Waals surface area contributed by atoms with Crippen LogP contribution in [-0.4, -0.2) is 17.1 Å². The topological polar surface area (TPSA) is 75.3 Å². The summed E-state index contributed by atoms with van der Waals surface area (Å²) in [6.45, 7) is 1.69. The van der Waals surface area contributed by atoms with Crippen molar-refractivity contribution in [3.05, 3.63) is 0 Å². The summed E-state index contributed by atoms with van der Waals surface area (Å²) in [4.78, 5) is 10.3. The van der Waals surface area contributed by atoms with E-state index in [0.717, 1.165) is 0 Å². The van der Waals surface area contributed by atoms with Gasteiger partial charge in [0.2, 0.25) is 0 Å². The van der Waals surface area contributed by atoms with Crippen LogP contribution in [0.15, 0.2) is 0 Å². The first-order chi connectivity index (χ1) is 3.72. The summed E-state index contributed by atoms with van der Waals surface area (Å²) in [5.74, 6) is 4.15. The van der Waals surface area contributed by atoms with Crippen LogP contribution in [0.2, 0.25) is 0 Å². The Hall–Kier alpha value is -0.610. The summed E-state index contributed by atoms with van der Waals surface area (Å²) in [5.41, 5.74) is 1.83. The zero-order chi connectivity index (χ0) is 6.57. The van der Waals surface area contributed by atoms with Gasteiger partial charge in [-0.25, -0.2) is 5.84 Å². The molecule has 8 heavy (non-hydrogen) atoms. The monoisotopic (exact) mass is 118 g/mol. The molecule has 0 aliphatic carbocycles. The van der Waals surface area contributed by atoms with Crippen molar-refractivity contribution in [2.24, 2.45) is 5.84 Å². The minimum Gasteiger partial charge on any atom is -0.383 e. The fourth-order valence-electron chi connectivity index (χ4n) is 0.282. The maximum absolute atomic E-state index is 10.3. The predicted octanol–water partition coefficient (Wildman–Crippen LogP) is -1.25. The standard InChI is InChI=1S/C4H10N2O2/c1-2-3(7)4(8)6-5/h3,7H,2,5H2,1H3,(H,6,8)/t3-/m0/s1. The number of aliphatic hydroxyl groups is 1. The predicted molar refractivity (Wildman–Crippen MR) is 28.6 cm³/mol. The van der Waals surface area contributed by atoms with Crippen LogP contribution in [0.25, 0.3) is 0 Å². The molecule has 4 N–H and O–H groups in total. The van der Waals surface area contributed by atoms with Gasteiger partial charge in [-0.3, -0.25) is 10.2 Å². The molecule has 0 aliphatic rings. The number of carbonyl (C=O) groups is 1. The number of hydrogen-bond donors (Lipinski definition) is 3. The second-order valence-electron chi connectivity index (χ2n) is 1.43. The molecular formula is C4H10N2O2. The molecule has 0 unspecified atom stereocenters. The number of aliphatic hydroxyl groups excluding tert-OH is 1. The van der Waals surface area contributed by atoms with Crippen molar-refractivity contribution in [2.45, 2.75) is 19.4 Å². The van der Waals surface area contributed by atoms with E-state index in [-0.39, 0.29) is 0 Å². The van der Waals surface area contributed by atoms with Gasteiger partial charge in [-0.15, -0.1) is 0 Å². The molecule has 1 atom stereocenters. The molecule has 0 aromatic carbocycles. The molecule has 0 saturated heterocycles. The third-order valence-corrected chi connectivity index (χ3v) is 0.832. The minimum atomic E-state index is -0.958. The fourth-order valence-corrected chi connectivity index (χ4v) is 0.282. The third-order valence-electron chi connectivity index (χ3n) is 0.832. The molecule has 0 radical (unpaired) electrons. The molecule has 4 heteroatoms. The lowest BCUT2D eigenvalue weighted by molar-refractivity contribution is -0.129. The first kappa shape index (κ1) is 7.39. The highest BCUT2D eigenvalue weighted by Crippen LogP contribution is 1.86. The van der Waals surface area contributed by atoms with Crippen molar-refractivity contribution in [3.63, 3.8) is 0 Å². The van der Waals surface area contributed by atoms with E-state index in [0.29, 0.717) is 6.42 Å². The van der Waals surface area contributed by atoms with Crippen LogP contribution in [-0.2, 0) is 4.79 Å². The van der Waals surface area contributed by atoms with Crippen LogP contribution in [0.3, 0.4) is 0 Å². The van der Waals surface area contributed by atoms with Crippen molar-refractivity contribution in [1.82, 2.24) is 5.43 Å². The Morgan fingerprint density at radius 1 is 2.00 bits per heavy atom. The molecule has 0 bridgehead atoms. The Labute approximate surface area is 47.6 Å². The molecule has 0 aromatic rings. The SMILES string of the molecule is CC[C@H](O)C(=O)NN. The average Bonchev–Trinajstić information content (AvgIpc) is 1.84. The summed E-state index contributed by atoms with van der Waals surface area (Å²) >= 11 is 0. The normalized spacial score (nSPS) is 12.9. The number of hydrogen-bond acceptors (Lipinski definition) is 3. The van der Waals surface area contributed by atoms with E-state index < -0.39 is 12.0 Å². The van der Waals surface area contributed by atoms with Crippen LogP contribution < -0.4 is 11.3 Å². The molecule has 1 amide bonds. The highest BCUT2D eigenvalue weighted by molar-refractivity contribution is 5.79. The Balaban J connectivity index is 3.46. The summed E-state index contributed by atoms with van der Waals surface area (Å²) in [6.07, 6.45) is -0.566. The molecule has 48 valence electrons. The third kappa shape index (κ3) is 1.90. The van der Waals surface area contributed by atoms with E-state index in [4.69, 9.17) is 5.11 Å². The van der Waals surface area contributed by atoms with E-state index in [9.17, 15) is 4.79 Å². The van der Waals surface area contributed by atoms with E-state index in [1.807, 2.05) is 5.43 Å². The molecule has 0 saturated carbocycles. The van der Waals surface area contributed by atoms with Gasteiger partial charge in [-0.1, -0.05) is 6.92 Å². The maximum atomic E-state index is 10.3. The molecule has 0 rings (SSSR count). The molecule has 0 aliphatic heterocycles. The van der Waals surface area contributed by atoms with Gasteiger partial charge < -0.3 is 5.11 Å². The summed E-state index contributed by atoms with van der Waals surface area (Å²) in [6, 6.07) is 0. The Morgan fingerprint density at radius 2 is 2.50 bits per heavy atom. The van der Waals surface area contributed by atoms with E-state index in [1.54, 1.807) is 6.92 Å². The van der Waals surface area contributed by atoms with E-state index in [1.165, 1.54) is 0 Å². The largest absolute Gasteiger partial charge is 0.383 e. The van der Waals surface area contributed by atoms with Gasteiger partial charge in [0.15, 0.2) is 0 Å². The van der Waals surface area contributed by atoms with Gasteiger partial charge in [0.05, 0.1) is 0 Å². The Morgan fingerprint density at radius 3 is 2.62 bits per heavy atom. The molecular weight excluding hydrogens is 108 g/mol. The Bertz CT molecular complexity index is 84.1. The van der Waals surface area contributed by atoms with Gasteiger partial charge in [0, 0.05) is 0 Å². The van der Waals surface area contributed by atoms with Crippen LogP contribution in [0, 0.1) is 0 Å². The zero-order valence-electron chi connectivity index (χ0n) is 4.72. The van der Waals surface area contributed by atoms with Crippen LogP contribution >= 0.6 is 0 Å². The van der Waals surface area contributed by atoms with Gasteiger partial charge in [0.1, 0.15) is 6.10 Å². The first-order valence-electron chi connectivity index (χ1n) is 2.41. The lowest BCUT2D eigenvalue weighted by Crippen LogP contribution is -2.38. The van der Waals surface area contributed by atoms with Crippen molar-refractivity contribution in [3.8, 4) is 0 Å². The molecule has 0 heterocycles. The number of rotatable bonds is 2. The summed E-state index contributed by atoms with van der Waals surface area (Å²) in [7, 11) is 0. The maximum Gasteiger partial charge on any atom is 0.262 e. The number of nitrogens with one attached hydrogen (secondary N) is 1. The molecule has 0 fully saturated rings. The minimum absolute atomic E-state index is 0.392. The van der Waals surface area contributed by atoms with Crippen LogP contribution in [0.5, 0.6) is 0 Å². The van der Waals surface area contributed by atoms with E-state index in [2.05, 4.69) is 5.84 Å². The average molecular weight is 118 g/mol. The second kappa shape index (κ2) is 3.40. The fraction of sp³-hybridized carbons (Fsp3) is 0.750. The van der Waals surface area contributed by atoms with Crippen molar-refractivity contribution < 1.29 is 9.90 Å². The highest BCUT2D eigenvalue weighted by Gasteiger charge is 2.08. The van der Waals surface area contributed by atoms with E-state index >= 15 is 0 Å². The first-order valence-corrected chi connectivity index (χ1v) is 2.41. The molecule has 4 nitrogen and oxygen atoms in total. The van der Waals surface area contributed by atoms with Gasteiger partial charge in [-0.05, 0) is 6.42 Å². The lowest BCUT2D eigenvalue weighted by Gasteiger charge is -2.02. The van der Waals surface area contributed by atoms with Crippen LogP contribution in [0.1, 0.15) is 13.3 Å². The molecule has 0 aromatic heterocycles. The van der Waals surface area contributed by atoms with Crippen molar-refractivity contribution in [2.75, 3.05) is 0 Å².